The van der Waals surface area contributed by atoms with Gasteiger partial charge in [0.05, 0.1) is 13.2 Å². The summed E-state index contributed by atoms with van der Waals surface area (Å²) < 4.78 is 12.3. The number of hydrogen-bond acceptors (Lipinski definition) is 3. The molecule has 0 heterocycles. The van der Waals surface area contributed by atoms with Gasteiger partial charge in [0.2, 0.25) is 0 Å². The van der Waals surface area contributed by atoms with E-state index in [1.54, 1.807) is 0 Å². The van der Waals surface area contributed by atoms with Gasteiger partial charge < -0.3 is 9.16 Å². The fourth-order valence-corrected chi connectivity index (χ4v) is 11.8. The van der Waals surface area contributed by atoms with Crippen LogP contribution in [-0.2, 0) is 14.0 Å². The van der Waals surface area contributed by atoms with Crippen LogP contribution in [0.2, 0.25) is 19.6 Å². The molecule has 0 unspecified atom stereocenters. The van der Waals surface area contributed by atoms with Crippen LogP contribution in [0.3, 0.4) is 0 Å². The lowest BCUT2D eigenvalue weighted by Crippen LogP contribution is -2.64. The van der Waals surface area contributed by atoms with E-state index in [9.17, 15) is 4.79 Å². The van der Waals surface area contributed by atoms with Crippen molar-refractivity contribution in [1.29, 1.82) is 0 Å². The van der Waals surface area contributed by atoms with Gasteiger partial charge in [-0.15, -0.1) is 0 Å². The van der Waals surface area contributed by atoms with Crippen molar-refractivity contribution in [1.82, 2.24) is 0 Å². The summed E-state index contributed by atoms with van der Waals surface area (Å²) in [5, 5.41) is 0. The molecule has 0 N–H and O–H groups in total. The molecule has 0 amide bonds. The van der Waals surface area contributed by atoms with Crippen LogP contribution in [0, 0.1) is 64.1 Å². The van der Waals surface area contributed by atoms with E-state index < -0.39 is 8.32 Å². The van der Waals surface area contributed by atoms with E-state index in [1.165, 1.54) is 52.1 Å². The van der Waals surface area contributed by atoms with Crippen molar-refractivity contribution in [3.8, 4) is 0 Å². The highest BCUT2D eigenvalue weighted by Gasteiger charge is 2.67. The van der Waals surface area contributed by atoms with Crippen LogP contribution >= 0.6 is 0 Å². The van der Waals surface area contributed by atoms with E-state index in [1.807, 2.05) is 0 Å². The molecule has 12 atom stereocenters. The Labute approximate surface area is 224 Å². The Bertz CT molecular complexity index is 791. The minimum absolute atomic E-state index is 0.0505. The summed E-state index contributed by atoms with van der Waals surface area (Å²) in [6, 6.07) is 0. The van der Waals surface area contributed by atoms with Gasteiger partial charge in [0.15, 0.2) is 8.32 Å². The third-order valence-corrected chi connectivity index (χ3v) is 13.5. The fraction of sp³-hybridized carbons (Fsp3) is 0.969. The summed E-state index contributed by atoms with van der Waals surface area (Å²) >= 11 is 0. The summed E-state index contributed by atoms with van der Waals surface area (Å²) in [6.07, 6.45) is 11.5. The molecule has 0 aromatic heterocycles. The normalized spacial score (nSPS) is 47.4. The first-order valence-electron chi connectivity index (χ1n) is 15.5. The monoisotopic (exact) mass is 518 g/mol. The maximum Gasteiger partial charge on any atom is 0.305 e. The summed E-state index contributed by atoms with van der Waals surface area (Å²) in [4.78, 5) is 11.9. The van der Waals surface area contributed by atoms with E-state index in [-0.39, 0.29) is 5.97 Å². The van der Waals surface area contributed by atoms with Gasteiger partial charge in [-0.3, -0.25) is 4.79 Å². The number of rotatable bonds is 7. The Morgan fingerprint density at radius 2 is 1.72 bits per heavy atom. The Hall–Kier alpha value is -0.353. The average Bonchev–Trinajstić information content (AvgIpc) is 3.16. The third-order valence-electron chi connectivity index (χ3n) is 12.5. The van der Waals surface area contributed by atoms with Gasteiger partial charge in [-0.1, -0.05) is 54.4 Å². The molecular weight excluding hydrogens is 460 g/mol. The molecule has 0 spiro atoms. The molecule has 0 aromatic carbocycles. The molecule has 4 aliphatic carbocycles. The summed E-state index contributed by atoms with van der Waals surface area (Å²) in [7, 11) is -0.159. The molecule has 0 saturated heterocycles. The number of ether oxygens (including phenoxy) is 1. The Morgan fingerprint density at radius 1 is 1.03 bits per heavy atom. The molecule has 208 valence electrons. The zero-order valence-corrected chi connectivity index (χ0v) is 26.4. The minimum atomic E-state index is -1.68. The standard InChI is InChI=1S/C32H58O3Si/c1-11-23-26-18-20(2)16-17-31(26,5)27-19-22(4)32(6)24(21(3)12-15-28(33)34-7)13-14-25(32)29(27)30(23)35-36(8,9)10/h20-27,29-30H,11-19H2,1-10H3/t20-,21-,22+,23-,24-,25+,26+,27+,29+,30-,31+,32-/m1/s1. The average molecular weight is 519 g/mol. The summed E-state index contributed by atoms with van der Waals surface area (Å²) in [6.45, 7) is 22.6. The van der Waals surface area contributed by atoms with Crippen LogP contribution in [0.5, 0.6) is 0 Å². The van der Waals surface area contributed by atoms with Crippen molar-refractivity contribution in [2.75, 3.05) is 7.11 Å². The van der Waals surface area contributed by atoms with Gasteiger partial charge in [0, 0.05) is 6.42 Å². The molecule has 0 aromatic rings. The maximum atomic E-state index is 11.9. The van der Waals surface area contributed by atoms with Crippen LogP contribution in [0.1, 0.15) is 99.3 Å². The molecule has 4 fully saturated rings. The highest BCUT2D eigenvalue weighted by atomic mass is 28.4. The predicted molar refractivity (Wildman–Crippen MR) is 152 cm³/mol. The highest BCUT2D eigenvalue weighted by molar-refractivity contribution is 6.69. The van der Waals surface area contributed by atoms with Crippen molar-refractivity contribution in [3.05, 3.63) is 0 Å². The lowest BCUT2D eigenvalue weighted by atomic mass is 9.39. The van der Waals surface area contributed by atoms with Crippen LogP contribution in [-0.4, -0.2) is 27.5 Å². The van der Waals surface area contributed by atoms with E-state index >= 15 is 0 Å². The second-order valence-corrected chi connectivity index (χ2v) is 19.8. The van der Waals surface area contributed by atoms with Gasteiger partial charge in [0.1, 0.15) is 0 Å². The molecule has 36 heavy (non-hydrogen) atoms. The number of methoxy groups -OCH3 is 1. The highest BCUT2D eigenvalue weighted by Crippen LogP contribution is 2.71. The number of fused-ring (bicyclic) bond motifs is 5. The maximum absolute atomic E-state index is 11.9. The SMILES string of the molecule is CC[C@H]1[C@@H](O[Si](C)(C)C)[C@@H]2[C@H](C[C@H](C)[C@]3(C)[C@@H]([C@H](C)CCC(=O)OC)CC[C@@H]23)[C@@]2(C)CC[C@@H](C)C[C@@H]12. The van der Waals surface area contributed by atoms with Gasteiger partial charge in [-0.2, -0.15) is 0 Å². The second kappa shape index (κ2) is 10.3. The number of esters is 1. The molecule has 0 bridgehead atoms. The van der Waals surface area contributed by atoms with Gasteiger partial charge >= 0.3 is 5.97 Å². The predicted octanol–water partition coefficient (Wildman–Crippen LogP) is 8.58. The first kappa shape index (κ1) is 28.6. The fourth-order valence-electron chi connectivity index (χ4n) is 10.7. The van der Waals surface area contributed by atoms with Crippen LogP contribution < -0.4 is 0 Å². The smallest absolute Gasteiger partial charge is 0.305 e. The van der Waals surface area contributed by atoms with Crippen molar-refractivity contribution in [2.45, 2.75) is 125 Å². The first-order chi connectivity index (χ1) is 16.8. The number of carbonyl (C=O) groups is 1. The summed E-state index contributed by atoms with van der Waals surface area (Å²) in [5.41, 5.74) is 0.822. The quantitative estimate of drug-likeness (QED) is 0.250. The number of hydrogen-bond donors (Lipinski definition) is 0. The molecule has 4 saturated carbocycles. The van der Waals surface area contributed by atoms with Gasteiger partial charge in [-0.25, -0.2) is 0 Å². The van der Waals surface area contributed by atoms with Gasteiger partial charge in [-0.05, 0) is 122 Å². The van der Waals surface area contributed by atoms with Crippen molar-refractivity contribution < 1.29 is 14.0 Å². The van der Waals surface area contributed by atoms with E-state index in [2.05, 4.69) is 61.2 Å². The van der Waals surface area contributed by atoms with Crippen molar-refractivity contribution in [3.63, 3.8) is 0 Å². The van der Waals surface area contributed by atoms with E-state index in [4.69, 9.17) is 9.16 Å². The van der Waals surface area contributed by atoms with E-state index in [0.29, 0.717) is 47.0 Å². The summed E-state index contributed by atoms with van der Waals surface area (Å²) in [5.74, 6) is 6.60. The zero-order chi connectivity index (χ0) is 26.6. The number of carbonyl (C=O) groups excluding carboxylic acids is 1. The molecular formula is C32H58O3Si. The van der Waals surface area contributed by atoms with Gasteiger partial charge in [0.25, 0.3) is 0 Å². The molecule has 0 radical (unpaired) electrons. The Balaban J connectivity index is 1.72. The lowest BCUT2D eigenvalue weighted by Gasteiger charge is -2.67. The molecule has 3 nitrogen and oxygen atoms in total. The van der Waals surface area contributed by atoms with Crippen molar-refractivity contribution >= 4 is 14.3 Å². The molecule has 4 heteroatoms. The zero-order valence-electron chi connectivity index (χ0n) is 25.4. The first-order valence-corrected chi connectivity index (χ1v) is 18.9. The topological polar surface area (TPSA) is 35.5 Å². The third kappa shape index (κ3) is 4.78. The van der Waals surface area contributed by atoms with Crippen LogP contribution in [0.4, 0.5) is 0 Å². The molecule has 4 aliphatic rings. The Morgan fingerprint density at radius 3 is 2.33 bits per heavy atom. The second-order valence-electron chi connectivity index (χ2n) is 15.3. The van der Waals surface area contributed by atoms with Crippen LogP contribution in [0.25, 0.3) is 0 Å². The largest absolute Gasteiger partial charge is 0.469 e. The molecule has 4 rings (SSSR count). The lowest BCUT2D eigenvalue weighted by molar-refractivity contribution is -0.206. The molecule has 0 aliphatic heterocycles. The minimum Gasteiger partial charge on any atom is -0.469 e. The Kier molecular flexibility index (Phi) is 8.21. The van der Waals surface area contributed by atoms with E-state index in [0.717, 1.165) is 36.0 Å². The van der Waals surface area contributed by atoms with Crippen LogP contribution in [0.15, 0.2) is 0 Å². The van der Waals surface area contributed by atoms with Crippen molar-refractivity contribution in [2.24, 2.45) is 64.1 Å².